The van der Waals surface area contributed by atoms with Crippen molar-refractivity contribution in [2.75, 3.05) is 26.2 Å². The van der Waals surface area contributed by atoms with Crippen LogP contribution in [0.1, 0.15) is 12.8 Å². The molecule has 0 aromatic heterocycles. The van der Waals surface area contributed by atoms with E-state index in [9.17, 15) is 13.2 Å². The van der Waals surface area contributed by atoms with Crippen molar-refractivity contribution in [2.24, 2.45) is 5.92 Å². The van der Waals surface area contributed by atoms with Gasteiger partial charge in [0.15, 0.2) is 0 Å². The number of hydrogen-bond acceptors (Lipinski definition) is 3. The Morgan fingerprint density at radius 1 is 1.13 bits per heavy atom. The van der Waals surface area contributed by atoms with Gasteiger partial charge in [0.05, 0.1) is 0 Å². The Balaban J connectivity index is 1.89. The van der Waals surface area contributed by atoms with E-state index in [1.165, 1.54) is 4.31 Å². The minimum atomic E-state index is -3.61. The highest BCUT2D eigenvalue weighted by molar-refractivity contribution is 8.11. The topological polar surface area (TPSA) is 57.7 Å². The van der Waals surface area contributed by atoms with Gasteiger partial charge in [-0.1, -0.05) is 0 Å². The summed E-state index contributed by atoms with van der Waals surface area (Å²) in [6.07, 6.45) is 1.96. The van der Waals surface area contributed by atoms with Gasteiger partial charge >= 0.3 is 0 Å². The Bertz CT molecular complexity index is 358. The van der Waals surface area contributed by atoms with E-state index in [2.05, 4.69) is 0 Å². The van der Waals surface area contributed by atoms with Crippen molar-refractivity contribution in [3.05, 3.63) is 0 Å². The van der Waals surface area contributed by atoms with Crippen LogP contribution in [-0.2, 0) is 14.0 Å². The molecule has 0 aromatic carbocycles. The Kier molecular flexibility index (Phi) is 2.92. The van der Waals surface area contributed by atoms with Crippen molar-refractivity contribution in [1.29, 1.82) is 0 Å². The second kappa shape index (κ2) is 3.92. The lowest BCUT2D eigenvalue weighted by molar-refractivity contribution is -0.133. The van der Waals surface area contributed by atoms with E-state index in [1.807, 2.05) is 0 Å². The number of carbonyl (C=O) groups excluding carboxylic acids is 1. The molecule has 2 aliphatic rings. The van der Waals surface area contributed by atoms with Crippen LogP contribution in [0.2, 0.25) is 0 Å². The smallest absolute Gasteiger partial charge is 0.299 e. The monoisotopic (exact) mass is 252 g/mol. The van der Waals surface area contributed by atoms with Crippen LogP contribution < -0.4 is 0 Å². The molecule has 0 unspecified atom stereocenters. The maximum atomic E-state index is 11.6. The molecule has 0 spiro atoms. The molecule has 5 nitrogen and oxygen atoms in total. The van der Waals surface area contributed by atoms with E-state index in [4.69, 9.17) is 10.7 Å². The van der Waals surface area contributed by atoms with Crippen LogP contribution in [0.5, 0.6) is 0 Å². The lowest BCUT2D eigenvalue weighted by Crippen LogP contribution is -2.49. The van der Waals surface area contributed by atoms with Crippen LogP contribution in [0.3, 0.4) is 0 Å². The molecule has 7 heteroatoms. The van der Waals surface area contributed by atoms with Crippen molar-refractivity contribution in [3.63, 3.8) is 0 Å². The molecule has 1 aliphatic carbocycles. The molecule has 0 N–H and O–H groups in total. The fraction of sp³-hybridized carbons (Fsp3) is 0.875. The molecular weight excluding hydrogens is 240 g/mol. The number of hydrogen-bond donors (Lipinski definition) is 0. The molecule has 0 bridgehead atoms. The van der Waals surface area contributed by atoms with Crippen molar-refractivity contribution in [3.8, 4) is 0 Å². The lowest BCUT2D eigenvalue weighted by atomic mass is 10.3. The van der Waals surface area contributed by atoms with Crippen molar-refractivity contribution in [2.45, 2.75) is 12.8 Å². The summed E-state index contributed by atoms with van der Waals surface area (Å²) in [6, 6.07) is 0. The Morgan fingerprint density at radius 2 is 1.67 bits per heavy atom. The third-order valence-corrected chi connectivity index (χ3v) is 4.35. The summed E-state index contributed by atoms with van der Waals surface area (Å²) in [7, 11) is 1.60. The third-order valence-electron chi connectivity index (χ3n) is 2.79. The molecule has 86 valence electrons. The van der Waals surface area contributed by atoms with Gasteiger partial charge in [-0.3, -0.25) is 4.79 Å². The van der Waals surface area contributed by atoms with E-state index in [0.29, 0.717) is 26.2 Å². The summed E-state index contributed by atoms with van der Waals surface area (Å²) in [5, 5.41) is 0. The molecule has 15 heavy (non-hydrogen) atoms. The van der Waals surface area contributed by atoms with Gasteiger partial charge < -0.3 is 4.90 Å². The van der Waals surface area contributed by atoms with Gasteiger partial charge in [0, 0.05) is 42.8 Å². The average molecular weight is 253 g/mol. The molecule has 1 heterocycles. The number of halogens is 1. The maximum absolute atomic E-state index is 11.6. The lowest BCUT2D eigenvalue weighted by Gasteiger charge is -2.32. The van der Waals surface area contributed by atoms with Crippen LogP contribution in [0.4, 0.5) is 0 Å². The van der Waals surface area contributed by atoms with Crippen molar-refractivity contribution < 1.29 is 13.2 Å². The minimum absolute atomic E-state index is 0.168. The zero-order chi connectivity index (χ0) is 11.1. The van der Waals surface area contributed by atoms with Gasteiger partial charge in [0.1, 0.15) is 0 Å². The maximum Gasteiger partial charge on any atom is 0.299 e. The number of carbonyl (C=O) groups is 1. The van der Waals surface area contributed by atoms with Crippen LogP contribution in [0.15, 0.2) is 0 Å². The zero-order valence-corrected chi connectivity index (χ0v) is 9.80. The second-order valence-electron chi connectivity index (χ2n) is 3.94. The first-order valence-corrected chi connectivity index (χ1v) is 7.23. The summed E-state index contributed by atoms with van der Waals surface area (Å²) in [6.45, 7) is 1.54. The molecule has 1 aliphatic heterocycles. The first-order valence-electron chi connectivity index (χ1n) is 4.97. The van der Waals surface area contributed by atoms with Crippen molar-refractivity contribution in [1.82, 2.24) is 9.21 Å². The van der Waals surface area contributed by atoms with Crippen LogP contribution in [-0.4, -0.2) is 49.7 Å². The summed E-state index contributed by atoms with van der Waals surface area (Å²) in [5.74, 6) is 0.366. The fourth-order valence-corrected chi connectivity index (χ4v) is 2.73. The summed E-state index contributed by atoms with van der Waals surface area (Å²) < 4.78 is 23.2. The Labute approximate surface area is 93.5 Å². The molecule has 0 aromatic rings. The van der Waals surface area contributed by atoms with Crippen LogP contribution >= 0.6 is 10.7 Å². The Hall–Kier alpha value is -0.330. The predicted molar refractivity (Wildman–Crippen MR) is 55.6 cm³/mol. The van der Waals surface area contributed by atoms with Gasteiger partial charge in [-0.25, -0.2) is 0 Å². The fourth-order valence-electron chi connectivity index (χ4n) is 1.72. The molecule has 1 amide bonds. The second-order valence-corrected chi connectivity index (χ2v) is 6.45. The number of nitrogens with zero attached hydrogens (tertiary/aromatic N) is 2. The normalized spacial score (nSPS) is 24.2. The summed E-state index contributed by atoms with van der Waals surface area (Å²) >= 11 is 0. The first kappa shape index (κ1) is 11.2. The molecule has 0 atom stereocenters. The Morgan fingerprint density at radius 3 is 2.07 bits per heavy atom. The summed E-state index contributed by atoms with van der Waals surface area (Å²) in [5.41, 5.74) is 0. The molecule has 1 saturated heterocycles. The van der Waals surface area contributed by atoms with Crippen molar-refractivity contribution >= 4 is 25.8 Å². The van der Waals surface area contributed by atoms with E-state index in [-0.39, 0.29) is 11.8 Å². The van der Waals surface area contributed by atoms with E-state index in [0.717, 1.165) is 12.8 Å². The molecule has 2 fully saturated rings. The van der Waals surface area contributed by atoms with Gasteiger partial charge in [-0.15, -0.1) is 0 Å². The molecule has 0 radical (unpaired) electrons. The van der Waals surface area contributed by atoms with E-state index >= 15 is 0 Å². The largest absolute Gasteiger partial charge is 0.340 e. The van der Waals surface area contributed by atoms with Gasteiger partial charge in [-0.05, 0) is 12.8 Å². The molecule has 1 saturated carbocycles. The molecule has 2 rings (SSSR count). The highest BCUT2D eigenvalue weighted by atomic mass is 35.7. The van der Waals surface area contributed by atoms with Gasteiger partial charge in [0.2, 0.25) is 5.91 Å². The number of rotatable bonds is 2. The first-order chi connectivity index (χ1) is 6.98. The number of piperazine rings is 1. The van der Waals surface area contributed by atoms with E-state index in [1.54, 1.807) is 4.90 Å². The summed E-state index contributed by atoms with van der Waals surface area (Å²) in [4.78, 5) is 13.4. The number of amides is 1. The average Bonchev–Trinajstić information content (AvgIpc) is 2.99. The predicted octanol–water partition coefficient (Wildman–Crippen LogP) is 0.0242. The van der Waals surface area contributed by atoms with Crippen LogP contribution in [0.25, 0.3) is 0 Å². The third kappa shape index (κ3) is 2.62. The van der Waals surface area contributed by atoms with E-state index < -0.39 is 9.24 Å². The van der Waals surface area contributed by atoms with Crippen LogP contribution in [0, 0.1) is 5.92 Å². The highest BCUT2D eigenvalue weighted by Gasteiger charge is 2.35. The highest BCUT2D eigenvalue weighted by Crippen LogP contribution is 2.31. The standard InChI is InChI=1S/C8H13ClN2O3S/c9-15(13,14)11-5-3-10(4-6-11)8(12)7-1-2-7/h7H,1-6H2. The molecular formula is C8H13ClN2O3S. The SMILES string of the molecule is O=C(C1CC1)N1CCN(S(=O)(=O)Cl)CC1. The van der Waals surface area contributed by atoms with Gasteiger partial charge in [0.25, 0.3) is 9.24 Å². The quantitative estimate of drug-likeness (QED) is 0.652. The minimum Gasteiger partial charge on any atom is -0.340 e. The zero-order valence-electron chi connectivity index (χ0n) is 8.23. The van der Waals surface area contributed by atoms with Gasteiger partial charge in [-0.2, -0.15) is 12.7 Å².